The first-order valence-corrected chi connectivity index (χ1v) is 8.36. The molecule has 0 unspecified atom stereocenters. The normalized spacial score (nSPS) is 13.8. The molecule has 0 bridgehead atoms. The minimum absolute atomic E-state index is 0.265. The Balaban J connectivity index is 2.21. The number of benzene rings is 2. The third kappa shape index (κ3) is 2.09. The lowest BCUT2D eigenvalue weighted by atomic mass is 9.88. The zero-order valence-corrected chi connectivity index (χ0v) is 13.9. The van der Waals surface area contributed by atoms with Gasteiger partial charge in [0, 0.05) is 22.9 Å². The van der Waals surface area contributed by atoms with Crippen LogP contribution in [-0.2, 0) is 13.0 Å². The van der Waals surface area contributed by atoms with Crippen LogP contribution in [0.3, 0.4) is 0 Å². The second-order valence-electron chi connectivity index (χ2n) is 5.72. The van der Waals surface area contributed by atoms with Crippen molar-refractivity contribution in [2.24, 2.45) is 0 Å². The van der Waals surface area contributed by atoms with Gasteiger partial charge in [-0.05, 0) is 40.8 Å². The molecule has 2 heterocycles. The van der Waals surface area contributed by atoms with E-state index in [0.717, 1.165) is 35.1 Å². The summed E-state index contributed by atoms with van der Waals surface area (Å²) in [6, 6.07) is 9.51. The van der Waals surface area contributed by atoms with Gasteiger partial charge in [-0.3, -0.25) is 4.68 Å². The van der Waals surface area contributed by atoms with E-state index >= 15 is 4.39 Å². The van der Waals surface area contributed by atoms with Crippen LogP contribution in [0.2, 0.25) is 0 Å². The summed E-state index contributed by atoms with van der Waals surface area (Å²) in [5, 5.41) is 15.2. The van der Waals surface area contributed by atoms with Crippen LogP contribution < -0.4 is 0 Å². The van der Waals surface area contributed by atoms with E-state index in [1.165, 1.54) is 0 Å². The van der Waals surface area contributed by atoms with E-state index < -0.39 is 0 Å². The molecule has 0 atom stereocenters. The maximum atomic E-state index is 15.3. The first-order valence-electron chi connectivity index (χ1n) is 7.57. The first kappa shape index (κ1) is 14.4. The molecule has 2 aromatic carbocycles. The minimum Gasteiger partial charge on any atom is -0.264 e. The van der Waals surface area contributed by atoms with Crippen molar-refractivity contribution in [1.29, 1.82) is 5.26 Å². The van der Waals surface area contributed by atoms with Crippen molar-refractivity contribution >= 4 is 26.7 Å². The van der Waals surface area contributed by atoms with Gasteiger partial charge in [-0.1, -0.05) is 24.3 Å². The molecule has 0 saturated carbocycles. The van der Waals surface area contributed by atoms with E-state index in [9.17, 15) is 5.26 Å². The predicted molar refractivity (Wildman–Crippen MR) is 90.5 cm³/mol. The molecule has 1 aliphatic rings. The fourth-order valence-electron chi connectivity index (χ4n) is 3.42. The number of fused-ring (bicyclic) bond motifs is 4. The standard InChI is InChI=1S/C18H13BrFN3/c19-15-10-22-23-8-4-3-6-12-14(9-21)11-5-1-2-7-13(11)17(20)16(12)18(15)23/h1-2,5,7,10H,3-4,6,8H2. The highest BCUT2D eigenvalue weighted by atomic mass is 79.9. The molecule has 23 heavy (non-hydrogen) atoms. The number of nitrogens with zero attached hydrogens (tertiary/aromatic N) is 3. The van der Waals surface area contributed by atoms with Gasteiger partial charge < -0.3 is 0 Å². The number of aryl methyl sites for hydroxylation is 1. The fraction of sp³-hybridized carbons (Fsp3) is 0.222. The Kier molecular flexibility index (Phi) is 3.42. The summed E-state index contributed by atoms with van der Waals surface area (Å²) in [5.74, 6) is -0.265. The van der Waals surface area contributed by atoms with Gasteiger partial charge in [-0.2, -0.15) is 10.4 Å². The summed E-state index contributed by atoms with van der Waals surface area (Å²) in [4.78, 5) is 0. The van der Waals surface area contributed by atoms with Gasteiger partial charge in [0.25, 0.3) is 0 Å². The quantitative estimate of drug-likeness (QED) is 0.570. The molecule has 0 N–H and O–H groups in total. The van der Waals surface area contributed by atoms with E-state index in [1.54, 1.807) is 18.3 Å². The molecule has 0 amide bonds. The van der Waals surface area contributed by atoms with Crippen LogP contribution in [0, 0.1) is 17.1 Å². The summed E-state index contributed by atoms with van der Waals surface area (Å²) in [5.41, 5.74) is 2.63. The van der Waals surface area contributed by atoms with Crippen molar-refractivity contribution in [3.05, 3.63) is 51.9 Å². The Morgan fingerprint density at radius 2 is 2.00 bits per heavy atom. The van der Waals surface area contributed by atoms with E-state index in [0.29, 0.717) is 28.3 Å². The SMILES string of the molecule is N#Cc1c2c(c(F)c3ccccc13)-c1c(Br)cnn1CCCC2. The van der Waals surface area contributed by atoms with Crippen molar-refractivity contribution in [2.75, 3.05) is 0 Å². The van der Waals surface area contributed by atoms with E-state index in [-0.39, 0.29) is 5.82 Å². The number of nitriles is 1. The predicted octanol–water partition coefficient (Wildman–Crippen LogP) is 4.81. The van der Waals surface area contributed by atoms with Crippen molar-refractivity contribution in [3.8, 4) is 17.3 Å². The number of hydrogen-bond acceptors (Lipinski definition) is 2. The topological polar surface area (TPSA) is 41.6 Å². The Morgan fingerprint density at radius 3 is 2.78 bits per heavy atom. The summed E-state index contributed by atoms with van der Waals surface area (Å²) < 4.78 is 17.9. The third-order valence-corrected chi connectivity index (χ3v) is 5.03. The Morgan fingerprint density at radius 1 is 1.22 bits per heavy atom. The van der Waals surface area contributed by atoms with Crippen molar-refractivity contribution in [1.82, 2.24) is 9.78 Å². The highest BCUT2D eigenvalue weighted by molar-refractivity contribution is 9.10. The van der Waals surface area contributed by atoms with Crippen LogP contribution in [0.25, 0.3) is 22.0 Å². The second kappa shape index (κ2) is 5.47. The molecule has 0 spiro atoms. The van der Waals surface area contributed by atoms with Gasteiger partial charge in [0.05, 0.1) is 21.9 Å². The smallest absolute Gasteiger partial charge is 0.140 e. The van der Waals surface area contributed by atoms with Crippen LogP contribution in [0.5, 0.6) is 0 Å². The molecule has 0 fully saturated rings. The number of halogens is 2. The maximum Gasteiger partial charge on any atom is 0.140 e. The first-order chi connectivity index (χ1) is 11.2. The summed E-state index contributed by atoms with van der Waals surface area (Å²) in [6.45, 7) is 0.758. The van der Waals surface area contributed by atoms with Crippen molar-refractivity contribution in [3.63, 3.8) is 0 Å². The van der Waals surface area contributed by atoms with E-state index in [2.05, 4.69) is 27.1 Å². The number of aromatic nitrogens is 2. The molecule has 0 saturated heterocycles. The van der Waals surface area contributed by atoms with Crippen molar-refractivity contribution < 1.29 is 4.39 Å². The molecule has 1 aliphatic heterocycles. The minimum atomic E-state index is -0.265. The molecule has 1 aromatic heterocycles. The van der Waals surface area contributed by atoms with Gasteiger partial charge in [0.1, 0.15) is 11.9 Å². The average molecular weight is 370 g/mol. The molecular formula is C18H13BrFN3. The summed E-state index contributed by atoms with van der Waals surface area (Å²) in [7, 11) is 0. The molecule has 4 rings (SSSR count). The van der Waals surface area contributed by atoms with Crippen LogP contribution in [0.1, 0.15) is 24.0 Å². The number of hydrogen-bond donors (Lipinski definition) is 0. The molecule has 5 heteroatoms. The summed E-state index contributed by atoms with van der Waals surface area (Å²) in [6.07, 6.45) is 4.28. The van der Waals surface area contributed by atoms with E-state index in [1.807, 2.05) is 16.8 Å². The van der Waals surface area contributed by atoms with E-state index in [4.69, 9.17) is 0 Å². The van der Waals surface area contributed by atoms with Gasteiger partial charge in [0.2, 0.25) is 0 Å². The molecular weight excluding hydrogens is 357 g/mol. The van der Waals surface area contributed by atoms with Crippen molar-refractivity contribution in [2.45, 2.75) is 25.8 Å². The highest BCUT2D eigenvalue weighted by Gasteiger charge is 2.26. The fourth-order valence-corrected chi connectivity index (χ4v) is 3.91. The molecule has 3 aromatic rings. The van der Waals surface area contributed by atoms with Gasteiger partial charge in [0.15, 0.2) is 0 Å². The molecule has 0 aliphatic carbocycles. The Bertz CT molecular complexity index is 969. The molecule has 114 valence electrons. The lowest BCUT2D eigenvalue weighted by Crippen LogP contribution is -2.11. The van der Waals surface area contributed by atoms with Crippen LogP contribution in [0.4, 0.5) is 4.39 Å². The zero-order chi connectivity index (χ0) is 16.0. The molecule has 3 nitrogen and oxygen atoms in total. The lowest BCUT2D eigenvalue weighted by Gasteiger charge is -2.20. The largest absolute Gasteiger partial charge is 0.264 e. The number of rotatable bonds is 0. The zero-order valence-electron chi connectivity index (χ0n) is 12.3. The highest BCUT2D eigenvalue weighted by Crippen LogP contribution is 2.40. The Labute approximate surface area is 141 Å². The summed E-state index contributed by atoms with van der Waals surface area (Å²) >= 11 is 3.49. The monoisotopic (exact) mass is 369 g/mol. The second-order valence-corrected chi connectivity index (χ2v) is 6.58. The van der Waals surface area contributed by atoms with Crippen LogP contribution >= 0.6 is 15.9 Å². The third-order valence-electron chi connectivity index (χ3n) is 4.45. The van der Waals surface area contributed by atoms with Gasteiger partial charge in [-0.15, -0.1) is 0 Å². The van der Waals surface area contributed by atoms with Crippen LogP contribution in [0.15, 0.2) is 34.9 Å². The van der Waals surface area contributed by atoms with Gasteiger partial charge in [-0.25, -0.2) is 4.39 Å². The average Bonchev–Trinajstić information content (AvgIpc) is 2.89. The lowest BCUT2D eigenvalue weighted by molar-refractivity contribution is 0.549. The van der Waals surface area contributed by atoms with Crippen LogP contribution in [-0.4, -0.2) is 9.78 Å². The maximum absolute atomic E-state index is 15.3. The van der Waals surface area contributed by atoms with Gasteiger partial charge >= 0.3 is 0 Å². The Hall–Kier alpha value is -2.19. The molecule has 0 radical (unpaired) electrons.